The fourth-order valence-electron chi connectivity index (χ4n) is 2.78. The van der Waals surface area contributed by atoms with Gasteiger partial charge in [0.05, 0.1) is 12.2 Å². The van der Waals surface area contributed by atoms with Crippen molar-refractivity contribution in [3.63, 3.8) is 0 Å². The van der Waals surface area contributed by atoms with Crippen LogP contribution in [0.25, 0.3) is 5.69 Å². The van der Waals surface area contributed by atoms with Gasteiger partial charge in [0.15, 0.2) is 6.61 Å². The average molecular weight is 368 g/mol. The summed E-state index contributed by atoms with van der Waals surface area (Å²) in [4.78, 5) is 14.0. The molecule has 0 bridgehead atoms. The molecular formula is C18H20N6O3. The Bertz CT molecular complexity index is 946. The molecule has 1 amide bonds. The number of para-hydroxylation sites is 2. The SMILES string of the molecule is Cc1nonc1CN(C)C(=O)COc1ccccc1-n1cnnc1C1CC1. The second-order valence-electron chi connectivity index (χ2n) is 6.64. The van der Waals surface area contributed by atoms with Crippen LogP contribution in [-0.4, -0.2) is 49.5 Å². The number of benzene rings is 1. The van der Waals surface area contributed by atoms with E-state index in [1.807, 2.05) is 28.8 Å². The van der Waals surface area contributed by atoms with Crippen molar-refractivity contribution in [2.75, 3.05) is 13.7 Å². The third-order valence-electron chi connectivity index (χ3n) is 4.55. The highest BCUT2D eigenvalue weighted by atomic mass is 16.6. The number of likely N-dealkylation sites (N-methyl/N-ethyl adjacent to an activating group) is 1. The Kier molecular flexibility index (Phi) is 4.57. The zero-order chi connectivity index (χ0) is 18.8. The van der Waals surface area contributed by atoms with Gasteiger partial charge < -0.3 is 9.64 Å². The van der Waals surface area contributed by atoms with Crippen molar-refractivity contribution in [2.45, 2.75) is 32.2 Å². The average Bonchev–Trinajstić information content (AvgIpc) is 3.27. The summed E-state index contributed by atoms with van der Waals surface area (Å²) in [5.41, 5.74) is 2.13. The largest absolute Gasteiger partial charge is 0.482 e. The van der Waals surface area contributed by atoms with Crippen LogP contribution in [-0.2, 0) is 11.3 Å². The molecule has 1 aliphatic carbocycles. The summed E-state index contributed by atoms with van der Waals surface area (Å²) >= 11 is 0. The Morgan fingerprint density at radius 3 is 2.89 bits per heavy atom. The van der Waals surface area contributed by atoms with Crippen LogP contribution in [0.4, 0.5) is 0 Å². The number of aromatic nitrogens is 5. The van der Waals surface area contributed by atoms with E-state index in [-0.39, 0.29) is 12.5 Å². The van der Waals surface area contributed by atoms with Crippen LogP contribution >= 0.6 is 0 Å². The quantitative estimate of drug-likeness (QED) is 0.628. The molecule has 1 aliphatic rings. The molecular weight excluding hydrogens is 348 g/mol. The molecule has 0 radical (unpaired) electrons. The van der Waals surface area contributed by atoms with Gasteiger partial charge >= 0.3 is 0 Å². The first-order chi connectivity index (χ1) is 13.1. The van der Waals surface area contributed by atoms with Crippen LogP contribution in [0.5, 0.6) is 5.75 Å². The number of rotatable bonds is 7. The highest BCUT2D eigenvalue weighted by Crippen LogP contribution is 2.40. The summed E-state index contributed by atoms with van der Waals surface area (Å²) in [5, 5.41) is 15.8. The van der Waals surface area contributed by atoms with Crippen molar-refractivity contribution >= 4 is 5.91 Å². The second kappa shape index (κ2) is 7.18. The van der Waals surface area contributed by atoms with Crippen molar-refractivity contribution in [2.24, 2.45) is 0 Å². The number of hydrogen-bond donors (Lipinski definition) is 0. The van der Waals surface area contributed by atoms with Crippen molar-refractivity contribution in [1.82, 2.24) is 30.0 Å². The third-order valence-corrected chi connectivity index (χ3v) is 4.55. The summed E-state index contributed by atoms with van der Waals surface area (Å²) in [6, 6.07) is 7.57. The first kappa shape index (κ1) is 17.2. The fraction of sp³-hybridized carbons (Fsp3) is 0.389. The smallest absolute Gasteiger partial charge is 0.260 e. The van der Waals surface area contributed by atoms with Gasteiger partial charge in [-0.1, -0.05) is 22.4 Å². The monoisotopic (exact) mass is 368 g/mol. The predicted molar refractivity (Wildman–Crippen MR) is 94.3 cm³/mol. The van der Waals surface area contributed by atoms with Crippen LogP contribution in [0.1, 0.15) is 36.0 Å². The molecule has 27 heavy (non-hydrogen) atoms. The predicted octanol–water partition coefficient (Wildman–Crippen LogP) is 1.87. The Morgan fingerprint density at radius 1 is 1.33 bits per heavy atom. The van der Waals surface area contributed by atoms with Gasteiger partial charge in [0.1, 0.15) is 29.3 Å². The molecule has 9 heteroatoms. The van der Waals surface area contributed by atoms with E-state index in [4.69, 9.17) is 4.74 Å². The van der Waals surface area contributed by atoms with Crippen LogP contribution < -0.4 is 4.74 Å². The molecule has 1 fully saturated rings. The van der Waals surface area contributed by atoms with E-state index in [9.17, 15) is 4.79 Å². The maximum atomic E-state index is 12.4. The molecule has 4 rings (SSSR count). The molecule has 2 aromatic heterocycles. The highest BCUT2D eigenvalue weighted by molar-refractivity contribution is 5.77. The number of carbonyl (C=O) groups is 1. The van der Waals surface area contributed by atoms with Gasteiger partial charge in [-0.25, -0.2) is 4.63 Å². The summed E-state index contributed by atoms with van der Waals surface area (Å²) in [6.45, 7) is 2.02. The third kappa shape index (κ3) is 3.67. The summed E-state index contributed by atoms with van der Waals surface area (Å²) in [6.07, 6.45) is 3.94. The number of carbonyl (C=O) groups excluding carboxylic acids is 1. The summed E-state index contributed by atoms with van der Waals surface area (Å²) < 4.78 is 12.4. The van der Waals surface area contributed by atoms with Gasteiger partial charge in [-0.3, -0.25) is 9.36 Å². The highest BCUT2D eigenvalue weighted by Gasteiger charge is 2.29. The van der Waals surface area contributed by atoms with Crippen molar-refractivity contribution in [3.8, 4) is 11.4 Å². The summed E-state index contributed by atoms with van der Waals surface area (Å²) in [7, 11) is 1.69. The van der Waals surface area contributed by atoms with E-state index in [1.165, 1.54) is 4.90 Å². The normalized spacial score (nSPS) is 13.6. The molecule has 2 heterocycles. The topological polar surface area (TPSA) is 99.2 Å². The Morgan fingerprint density at radius 2 is 2.15 bits per heavy atom. The van der Waals surface area contributed by atoms with Crippen LogP contribution in [0.15, 0.2) is 35.2 Å². The maximum absolute atomic E-state index is 12.4. The zero-order valence-electron chi connectivity index (χ0n) is 15.2. The number of hydrogen-bond acceptors (Lipinski definition) is 7. The lowest BCUT2D eigenvalue weighted by Gasteiger charge is -2.17. The van der Waals surface area contributed by atoms with Crippen LogP contribution in [0, 0.1) is 6.92 Å². The van der Waals surface area contributed by atoms with Gasteiger partial charge in [-0.2, -0.15) is 0 Å². The molecule has 1 aromatic carbocycles. The Hall–Kier alpha value is -3.23. The minimum absolute atomic E-state index is 0.0846. The van der Waals surface area contributed by atoms with E-state index >= 15 is 0 Å². The second-order valence-corrected chi connectivity index (χ2v) is 6.64. The molecule has 0 unspecified atom stereocenters. The molecule has 0 atom stereocenters. The fourth-order valence-corrected chi connectivity index (χ4v) is 2.78. The van der Waals surface area contributed by atoms with Gasteiger partial charge in [0.2, 0.25) is 0 Å². The number of ether oxygens (including phenoxy) is 1. The molecule has 0 spiro atoms. The lowest BCUT2D eigenvalue weighted by molar-refractivity contribution is -0.132. The number of aryl methyl sites for hydroxylation is 1. The van der Waals surface area contributed by atoms with Crippen molar-refractivity contribution in [1.29, 1.82) is 0 Å². The lowest BCUT2D eigenvalue weighted by atomic mass is 10.2. The minimum Gasteiger partial charge on any atom is -0.482 e. The molecule has 3 aromatic rings. The van der Waals surface area contributed by atoms with Crippen molar-refractivity contribution in [3.05, 3.63) is 47.8 Å². The van der Waals surface area contributed by atoms with Gasteiger partial charge in [0, 0.05) is 13.0 Å². The van der Waals surface area contributed by atoms with E-state index in [1.54, 1.807) is 20.3 Å². The molecule has 140 valence electrons. The maximum Gasteiger partial charge on any atom is 0.260 e. The minimum atomic E-state index is -0.168. The first-order valence-corrected chi connectivity index (χ1v) is 8.77. The van der Waals surface area contributed by atoms with E-state index in [0.717, 1.165) is 24.4 Å². The molecule has 0 aliphatic heterocycles. The van der Waals surface area contributed by atoms with Gasteiger partial charge in [-0.05, 0) is 31.9 Å². The molecule has 0 N–H and O–H groups in total. The van der Waals surface area contributed by atoms with Crippen LogP contribution in [0.3, 0.4) is 0 Å². The Balaban J connectivity index is 1.45. The molecule has 1 saturated carbocycles. The van der Waals surface area contributed by atoms with Gasteiger partial charge in [-0.15, -0.1) is 10.2 Å². The zero-order valence-corrected chi connectivity index (χ0v) is 15.2. The Labute approximate surface area is 155 Å². The summed E-state index contributed by atoms with van der Waals surface area (Å²) in [5.74, 6) is 1.83. The van der Waals surface area contributed by atoms with E-state index in [0.29, 0.717) is 29.6 Å². The van der Waals surface area contributed by atoms with E-state index in [2.05, 4.69) is 25.1 Å². The van der Waals surface area contributed by atoms with Gasteiger partial charge in [0.25, 0.3) is 5.91 Å². The number of nitrogens with zero attached hydrogens (tertiary/aromatic N) is 6. The van der Waals surface area contributed by atoms with Crippen LogP contribution in [0.2, 0.25) is 0 Å². The first-order valence-electron chi connectivity index (χ1n) is 8.77. The lowest BCUT2D eigenvalue weighted by Crippen LogP contribution is -2.31. The van der Waals surface area contributed by atoms with E-state index < -0.39 is 0 Å². The molecule has 0 saturated heterocycles. The standard InChI is InChI=1S/C18H20N6O3/c1-12-14(22-27-21-12)9-23(2)17(25)10-26-16-6-4-3-5-15(16)24-11-19-20-18(24)13-7-8-13/h3-6,11,13H,7-10H2,1-2H3. The molecule has 9 nitrogen and oxygen atoms in total. The van der Waals surface area contributed by atoms with Crippen molar-refractivity contribution < 1.29 is 14.2 Å². The number of amides is 1.